The normalized spacial score (nSPS) is 24.2. The van der Waals surface area contributed by atoms with Crippen LogP contribution in [-0.4, -0.2) is 36.5 Å². The molecule has 1 atom stereocenters. The van der Waals surface area contributed by atoms with Crippen LogP contribution in [0.15, 0.2) is 23.1 Å². The third kappa shape index (κ3) is 2.77. The Morgan fingerprint density at radius 2 is 2.20 bits per heavy atom. The third-order valence-corrected chi connectivity index (χ3v) is 5.32. The molecule has 108 valence electrons. The Hall–Kier alpha value is -1.62. The van der Waals surface area contributed by atoms with E-state index in [0.717, 1.165) is 0 Å². The lowest BCUT2D eigenvalue weighted by Gasteiger charge is -2.36. The van der Waals surface area contributed by atoms with Gasteiger partial charge in [-0.05, 0) is 38.0 Å². The molecule has 1 heterocycles. The smallest absolute Gasteiger partial charge is 0.245 e. The van der Waals surface area contributed by atoms with Gasteiger partial charge in [-0.3, -0.25) is 0 Å². The van der Waals surface area contributed by atoms with Gasteiger partial charge in [0.25, 0.3) is 0 Å². The van der Waals surface area contributed by atoms with Crippen molar-refractivity contribution in [3.8, 4) is 6.07 Å². The van der Waals surface area contributed by atoms with Crippen LogP contribution in [0, 0.1) is 11.3 Å². The zero-order valence-electron chi connectivity index (χ0n) is 11.2. The Balaban J connectivity index is 2.38. The van der Waals surface area contributed by atoms with E-state index in [9.17, 15) is 13.5 Å². The molecule has 1 saturated heterocycles. The second kappa shape index (κ2) is 5.05. The number of hydrogen-bond donors (Lipinski definition) is 2. The SMILES string of the molecule is CC1(O)CCCN(S(=O)(=O)c2ccc(C#N)cc2N)C1. The molecule has 0 spiro atoms. The van der Waals surface area contributed by atoms with Crippen LogP contribution in [0.1, 0.15) is 25.3 Å². The van der Waals surface area contributed by atoms with E-state index in [1.54, 1.807) is 6.92 Å². The van der Waals surface area contributed by atoms with Crippen molar-refractivity contribution in [1.82, 2.24) is 4.31 Å². The number of aliphatic hydroxyl groups is 1. The van der Waals surface area contributed by atoms with Gasteiger partial charge < -0.3 is 10.8 Å². The molecule has 2 rings (SSSR count). The number of hydrogen-bond acceptors (Lipinski definition) is 5. The topological polar surface area (TPSA) is 107 Å². The number of nitrogens with zero attached hydrogens (tertiary/aromatic N) is 2. The summed E-state index contributed by atoms with van der Waals surface area (Å²) in [7, 11) is -3.75. The van der Waals surface area contributed by atoms with Gasteiger partial charge >= 0.3 is 0 Å². The molecule has 1 aliphatic heterocycles. The highest BCUT2D eigenvalue weighted by atomic mass is 32.2. The first-order valence-electron chi connectivity index (χ1n) is 6.28. The van der Waals surface area contributed by atoms with E-state index >= 15 is 0 Å². The molecule has 1 aliphatic rings. The Kier molecular flexibility index (Phi) is 3.73. The maximum atomic E-state index is 12.5. The molecule has 0 aromatic heterocycles. The highest BCUT2D eigenvalue weighted by Gasteiger charge is 2.36. The summed E-state index contributed by atoms with van der Waals surface area (Å²) in [4.78, 5) is -0.0193. The Morgan fingerprint density at radius 1 is 1.50 bits per heavy atom. The van der Waals surface area contributed by atoms with E-state index in [1.165, 1.54) is 22.5 Å². The van der Waals surface area contributed by atoms with E-state index in [1.807, 2.05) is 6.07 Å². The monoisotopic (exact) mass is 295 g/mol. The maximum Gasteiger partial charge on any atom is 0.245 e. The molecule has 7 heteroatoms. The van der Waals surface area contributed by atoms with Crippen molar-refractivity contribution in [2.45, 2.75) is 30.3 Å². The Morgan fingerprint density at radius 3 is 2.75 bits per heavy atom. The lowest BCUT2D eigenvalue weighted by Crippen LogP contribution is -2.48. The summed E-state index contributed by atoms with van der Waals surface area (Å²) in [5, 5.41) is 18.8. The van der Waals surface area contributed by atoms with Crippen LogP contribution < -0.4 is 5.73 Å². The summed E-state index contributed by atoms with van der Waals surface area (Å²) in [5.41, 5.74) is 5.08. The number of nitrogens with two attached hydrogens (primary N) is 1. The molecular weight excluding hydrogens is 278 g/mol. The molecule has 0 bridgehead atoms. The van der Waals surface area contributed by atoms with Gasteiger partial charge in [0.1, 0.15) is 4.90 Å². The van der Waals surface area contributed by atoms with Crippen LogP contribution in [0.3, 0.4) is 0 Å². The molecule has 0 aliphatic carbocycles. The van der Waals surface area contributed by atoms with Crippen LogP contribution in [-0.2, 0) is 10.0 Å². The van der Waals surface area contributed by atoms with Crippen LogP contribution >= 0.6 is 0 Å². The van der Waals surface area contributed by atoms with Gasteiger partial charge in [0.15, 0.2) is 0 Å². The molecule has 0 amide bonds. The minimum atomic E-state index is -3.75. The maximum absolute atomic E-state index is 12.5. The summed E-state index contributed by atoms with van der Waals surface area (Å²) in [6.07, 6.45) is 1.17. The fourth-order valence-corrected chi connectivity index (χ4v) is 4.06. The van der Waals surface area contributed by atoms with Gasteiger partial charge in [-0.1, -0.05) is 0 Å². The summed E-state index contributed by atoms with van der Waals surface area (Å²) < 4.78 is 26.3. The van der Waals surface area contributed by atoms with Gasteiger partial charge in [0, 0.05) is 13.1 Å². The fraction of sp³-hybridized carbons (Fsp3) is 0.462. The summed E-state index contributed by atoms with van der Waals surface area (Å²) in [6.45, 7) is 2.03. The molecular formula is C13H17N3O3S. The molecule has 0 radical (unpaired) electrons. The minimum Gasteiger partial charge on any atom is -0.398 e. The minimum absolute atomic E-state index is 0.0193. The Bertz CT molecular complexity index is 662. The van der Waals surface area contributed by atoms with Crippen molar-refractivity contribution < 1.29 is 13.5 Å². The second-order valence-electron chi connectivity index (χ2n) is 5.30. The first-order chi connectivity index (χ1) is 9.26. The van der Waals surface area contributed by atoms with Crippen LogP contribution in [0.5, 0.6) is 0 Å². The van der Waals surface area contributed by atoms with Crippen molar-refractivity contribution >= 4 is 15.7 Å². The van der Waals surface area contributed by atoms with Gasteiger partial charge in [0.2, 0.25) is 10.0 Å². The van der Waals surface area contributed by atoms with Gasteiger partial charge in [-0.25, -0.2) is 8.42 Å². The van der Waals surface area contributed by atoms with Gasteiger partial charge in [0.05, 0.1) is 22.9 Å². The lowest BCUT2D eigenvalue weighted by molar-refractivity contribution is 0.00941. The van der Waals surface area contributed by atoms with E-state index in [4.69, 9.17) is 11.0 Å². The van der Waals surface area contributed by atoms with Crippen molar-refractivity contribution in [3.05, 3.63) is 23.8 Å². The van der Waals surface area contributed by atoms with Crippen LogP contribution in [0.2, 0.25) is 0 Å². The van der Waals surface area contributed by atoms with Crippen LogP contribution in [0.25, 0.3) is 0 Å². The molecule has 1 unspecified atom stereocenters. The van der Waals surface area contributed by atoms with Crippen LogP contribution in [0.4, 0.5) is 5.69 Å². The largest absolute Gasteiger partial charge is 0.398 e. The average Bonchev–Trinajstić information content (AvgIpc) is 2.37. The number of benzene rings is 1. The van der Waals surface area contributed by atoms with Crippen molar-refractivity contribution in [1.29, 1.82) is 5.26 Å². The third-order valence-electron chi connectivity index (χ3n) is 3.40. The predicted octanol–water partition coefficient (Wildman–Crippen LogP) is 0.676. The first kappa shape index (κ1) is 14.8. The highest BCUT2D eigenvalue weighted by molar-refractivity contribution is 7.89. The molecule has 20 heavy (non-hydrogen) atoms. The molecule has 3 N–H and O–H groups in total. The number of β-amino-alcohol motifs (C(OH)–C–C–N with tert-alkyl or cyclic N) is 1. The number of rotatable bonds is 2. The van der Waals surface area contributed by atoms with Crippen molar-refractivity contribution in [2.75, 3.05) is 18.8 Å². The van der Waals surface area contributed by atoms with E-state index in [-0.39, 0.29) is 17.1 Å². The zero-order chi connectivity index (χ0) is 15.0. The Labute approximate surface area is 118 Å². The summed E-state index contributed by atoms with van der Waals surface area (Å²) in [5.74, 6) is 0. The number of anilines is 1. The molecule has 6 nitrogen and oxygen atoms in total. The number of nitriles is 1. The number of nitrogen functional groups attached to an aromatic ring is 1. The molecule has 1 aromatic carbocycles. The highest BCUT2D eigenvalue weighted by Crippen LogP contribution is 2.28. The number of piperidine rings is 1. The molecule has 1 aromatic rings. The van der Waals surface area contributed by atoms with Crippen molar-refractivity contribution in [2.24, 2.45) is 0 Å². The molecule has 0 saturated carbocycles. The first-order valence-corrected chi connectivity index (χ1v) is 7.72. The van der Waals surface area contributed by atoms with E-state index in [2.05, 4.69) is 0 Å². The summed E-state index contributed by atoms with van der Waals surface area (Å²) >= 11 is 0. The predicted molar refractivity (Wildman–Crippen MR) is 74.2 cm³/mol. The van der Waals surface area contributed by atoms with Crippen molar-refractivity contribution in [3.63, 3.8) is 0 Å². The fourth-order valence-electron chi connectivity index (χ4n) is 2.37. The van der Waals surface area contributed by atoms with Gasteiger partial charge in [-0.15, -0.1) is 0 Å². The lowest BCUT2D eigenvalue weighted by atomic mass is 9.97. The standard InChI is InChI=1S/C13H17N3O3S/c1-13(17)5-2-6-16(9-13)20(18,19)12-4-3-10(8-14)7-11(12)15/h3-4,7,17H,2,5-6,9,15H2,1H3. The quantitative estimate of drug-likeness (QED) is 0.780. The van der Waals surface area contributed by atoms with E-state index in [0.29, 0.717) is 24.9 Å². The summed E-state index contributed by atoms with van der Waals surface area (Å²) in [6, 6.07) is 6.01. The number of sulfonamides is 1. The average molecular weight is 295 g/mol. The van der Waals surface area contributed by atoms with E-state index < -0.39 is 15.6 Å². The zero-order valence-corrected chi connectivity index (χ0v) is 12.0. The van der Waals surface area contributed by atoms with Gasteiger partial charge in [-0.2, -0.15) is 9.57 Å². The molecule has 1 fully saturated rings. The second-order valence-corrected chi connectivity index (χ2v) is 7.21.